The van der Waals surface area contributed by atoms with Gasteiger partial charge in [0.1, 0.15) is 6.34 Å². The third-order valence-electron chi connectivity index (χ3n) is 1.26. The average molecular weight is 145 g/mol. The SMILES string of the molecule is CCC1=CN=CN(Cl)C1. The molecule has 0 aromatic carbocycles. The number of hydrogen-bond donors (Lipinski definition) is 0. The fraction of sp³-hybridized carbons (Fsp3) is 0.500. The minimum Gasteiger partial charge on any atom is -0.271 e. The van der Waals surface area contributed by atoms with Gasteiger partial charge in [0.2, 0.25) is 0 Å². The lowest BCUT2D eigenvalue weighted by molar-refractivity contribution is 0.699. The van der Waals surface area contributed by atoms with Crippen LogP contribution >= 0.6 is 11.8 Å². The van der Waals surface area contributed by atoms with Gasteiger partial charge in [0.15, 0.2) is 0 Å². The first kappa shape index (κ1) is 6.62. The number of hydrogen-bond acceptors (Lipinski definition) is 2. The lowest BCUT2D eigenvalue weighted by atomic mass is 10.2. The van der Waals surface area contributed by atoms with Crippen molar-refractivity contribution < 1.29 is 0 Å². The van der Waals surface area contributed by atoms with Crippen LogP contribution in [0.5, 0.6) is 0 Å². The molecule has 2 nitrogen and oxygen atoms in total. The van der Waals surface area contributed by atoms with Crippen LogP contribution in [0.4, 0.5) is 0 Å². The van der Waals surface area contributed by atoms with E-state index in [1.807, 2.05) is 6.20 Å². The third-order valence-corrected chi connectivity index (χ3v) is 1.46. The molecule has 0 aromatic heterocycles. The molecule has 50 valence electrons. The highest BCUT2D eigenvalue weighted by Gasteiger charge is 2.02. The van der Waals surface area contributed by atoms with E-state index in [1.54, 1.807) is 10.8 Å². The number of nitrogens with zero attached hydrogens (tertiary/aromatic N) is 2. The van der Waals surface area contributed by atoms with Gasteiger partial charge in [-0.1, -0.05) is 6.92 Å². The first-order valence-corrected chi connectivity index (χ1v) is 3.30. The summed E-state index contributed by atoms with van der Waals surface area (Å²) in [5.41, 5.74) is 1.27. The zero-order valence-electron chi connectivity index (χ0n) is 5.34. The Hall–Kier alpha value is -0.500. The second-order valence-electron chi connectivity index (χ2n) is 1.96. The highest BCUT2D eigenvalue weighted by Crippen LogP contribution is 2.08. The Morgan fingerprint density at radius 3 is 3.11 bits per heavy atom. The maximum absolute atomic E-state index is 5.63. The van der Waals surface area contributed by atoms with Gasteiger partial charge >= 0.3 is 0 Å². The van der Waals surface area contributed by atoms with Gasteiger partial charge in [0.25, 0.3) is 0 Å². The predicted molar refractivity (Wildman–Crippen MR) is 39.4 cm³/mol. The minimum absolute atomic E-state index is 0.807. The summed E-state index contributed by atoms with van der Waals surface area (Å²) in [5.74, 6) is 0. The van der Waals surface area contributed by atoms with Crippen molar-refractivity contribution in [3.8, 4) is 0 Å². The van der Waals surface area contributed by atoms with E-state index in [1.165, 1.54) is 5.57 Å². The summed E-state index contributed by atoms with van der Waals surface area (Å²) in [6, 6.07) is 0. The van der Waals surface area contributed by atoms with Crippen molar-refractivity contribution >= 4 is 18.1 Å². The van der Waals surface area contributed by atoms with E-state index < -0.39 is 0 Å². The van der Waals surface area contributed by atoms with Gasteiger partial charge in [0.05, 0.1) is 6.54 Å². The molecule has 0 aliphatic carbocycles. The van der Waals surface area contributed by atoms with E-state index in [9.17, 15) is 0 Å². The summed E-state index contributed by atoms with van der Waals surface area (Å²) in [4.78, 5) is 3.92. The van der Waals surface area contributed by atoms with E-state index in [0.29, 0.717) is 0 Å². The highest BCUT2D eigenvalue weighted by molar-refractivity contribution is 6.19. The van der Waals surface area contributed by atoms with Gasteiger partial charge in [-0.25, -0.2) is 4.99 Å². The molecule has 0 unspecified atom stereocenters. The van der Waals surface area contributed by atoms with Crippen molar-refractivity contribution in [2.75, 3.05) is 6.54 Å². The van der Waals surface area contributed by atoms with Crippen molar-refractivity contribution in [1.82, 2.24) is 4.42 Å². The molecule has 3 heteroatoms. The van der Waals surface area contributed by atoms with E-state index >= 15 is 0 Å². The zero-order chi connectivity index (χ0) is 6.69. The number of aliphatic imine (C=N–C) groups is 1. The van der Waals surface area contributed by atoms with E-state index in [-0.39, 0.29) is 0 Å². The molecule has 0 amide bonds. The van der Waals surface area contributed by atoms with Crippen LogP contribution in [0.3, 0.4) is 0 Å². The van der Waals surface area contributed by atoms with Crippen LogP contribution in [0.2, 0.25) is 0 Å². The smallest absolute Gasteiger partial charge is 0.105 e. The molecule has 1 aliphatic rings. The van der Waals surface area contributed by atoms with Gasteiger partial charge in [0, 0.05) is 18.0 Å². The van der Waals surface area contributed by atoms with Crippen molar-refractivity contribution in [2.45, 2.75) is 13.3 Å². The van der Waals surface area contributed by atoms with Gasteiger partial charge in [-0.2, -0.15) is 0 Å². The molecule has 0 atom stereocenters. The third kappa shape index (κ3) is 1.72. The summed E-state index contributed by atoms with van der Waals surface area (Å²) in [6.45, 7) is 2.90. The monoisotopic (exact) mass is 144 g/mol. The topological polar surface area (TPSA) is 15.6 Å². The molecule has 1 rings (SSSR count). The van der Waals surface area contributed by atoms with Crippen LogP contribution in [0.1, 0.15) is 13.3 Å². The molecule has 0 aromatic rings. The fourth-order valence-electron chi connectivity index (χ4n) is 0.690. The van der Waals surface area contributed by atoms with Crippen molar-refractivity contribution in [3.05, 3.63) is 11.8 Å². The second-order valence-corrected chi connectivity index (χ2v) is 2.40. The first-order chi connectivity index (χ1) is 4.33. The summed E-state index contributed by atoms with van der Waals surface area (Å²) < 4.78 is 1.55. The predicted octanol–water partition coefficient (Wildman–Crippen LogP) is 1.78. The largest absolute Gasteiger partial charge is 0.271 e. The molecule has 0 saturated heterocycles. The lowest BCUT2D eigenvalue weighted by Gasteiger charge is -2.13. The molecule has 9 heavy (non-hydrogen) atoms. The van der Waals surface area contributed by atoms with Crippen molar-refractivity contribution in [2.24, 2.45) is 4.99 Å². The molecule has 0 N–H and O–H groups in total. The maximum Gasteiger partial charge on any atom is 0.105 e. The standard InChI is InChI=1S/C6H9ClN2/c1-2-6-3-8-5-9(7)4-6/h3,5H,2,4H2,1H3. The Morgan fingerprint density at radius 1 is 1.89 bits per heavy atom. The fourth-order valence-corrected chi connectivity index (χ4v) is 0.894. The van der Waals surface area contributed by atoms with Gasteiger partial charge in [-0.15, -0.1) is 0 Å². The van der Waals surface area contributed by atoms with Crippen LogP contribution in [0.25, 0.3) is 0 Å². The van der Waals surface area contributed by atoms with Crippen molar-refractivity contribution in [1.29, 1.82) is 0 Å². The van der Waals surface area contributed by atoms with E-state index in [0.717, 1.165) is 13.0 Å². The Morgan fingerprint density at radius 2 is 2.67 bits per heavy atom. The van der Waals surface area contributed by atoms with Crippen LogP contribution in [0, 0.1) is 0 Å². The molecular formula is C6H9ClN2. The number of halogens is 1. The summed E-state index contributed by atoms with van der Waals surface area (Å²) in [7, 11) is 0. The van der Waals surface area contributed by atoms with Crippen LogP contribution < -0.4 is 0 Å². The van der Waals surface area contributed by atoms with Crippen LogP contribution in [-0.4, -0.2) is 17.3 Å². The summed E-state index contributed by atoms with van der Waals surface area (Å²) in [6.07, 6.45) is 4.50. The van der Waals surface area contributed by atoms with Crippen LogP contribution in [-0.2, 0) is 0 Å². The average Bonchev–Trinajstić information content (AvgIpc) is 1.88. The van der Waals surface area contributed by atoms with Crippen molar-refractivity contribution in [3.63, 3.8) is 0 Å². The molecule has 0 spiro atoms. The lowest BCUT2D eigenvalue weighted by Crippen LogP contribution is -2.15. The molecule has 0 bridgehead atoms. The van der Waals surface area contributed by atoms with Crippen LogP contribution in [0.15, 0.2) is 16.8 Å². The molecule has 0 radical (unpaired) electrons. The zero-order valence-corrected chi connectivity index (χ0v) is 6.10. The summed E-state index contributed by atoms with van der Waals surface area (Å²) >= 11 is 5.63. The molecular weight excluding hydrogens is 136 g/mol. The Labute approximate surface area is 59.9 Å². The minimum atomic E-state index is 0.807. The van der Waals surface area contributed by atoms with Gasteiger partial charge in [-0.05, 0) is 12.0 Å². The van der Waals surface area contributed by atoms with Gasteiger partial charge < -0.3 is 0 Å². The van der Waals surface area contributed by atoms with E-state index in [2.05, 4.69) is 11.9 Å². The molecule has 0 saturated carbocycles. The quantitative estimate of drug-likeness (QED) is 0.513. The Bertz CT molecular complexity index is 151. The Balaban J connectivity index is 2.55. The first-order valence-electron chi connectivity index (χ1n) is 2.96. The normalized spacial score (nSPS) is 18.0. The Kier molecular flexibility index (Phi) is 2.11. The van der Waals surface area contributed by atoms with E-state index in [4.69, 9.17) is 11.8 Å². The highest BCUT2D eigenvalue weighted by atomic mass is 35.5. The number of rotatable bonds is 1. The van der Waals surface area contributed by atoms with Gasteiger partial charge in [-0.3, -0.25) is 4.42 Å². The molecule has 1 heterocycles. The summed E-state index contributed by atoms with van der Waals surface area (Å²) in [5, 5.41) is 0. The molecule has 1 aliphatic heterocycles. The molecule has 0 fully saturated rings. The maximum atomic E-state index is 5.63. The second kappa shape index (κ2) is 2.87.